The average molecular weight is 393 g/mol. The monoisotopic (exact) mass is 392 g/mol. The molecule has 4 aliphatic rings. The lowest BCUT2D eigenvalue weighted by atomic mass is 9.51. The molecule has 9 atom stereocenters. The molecular weight excluding hydrogens is 352 g/mol. The second kappa shape index (κ2) is 7.58. The Labute approximate surface area is 170 Å². The molecule has 1 aliphatic heterocycles. The summed E-state index contributed by atoms with van der Waals surface area (Å²) >= 11 is 0. The summed E-state index contributed by atoms with van der Waals surface area (Å²) in [6, 6.07) is 0. The van der Waals surface area contributed by atoms with E-state index < -0.39 is 0 Å². The molecule has 28 heavy (non-hydrogen) atoms. The standard InChI is InChI=1S/C24H40O4/c1-15(5-4-12-25)18-6-7-19-22-20(9-11-24(18,19)3)23(2)10-8-17(26)13-16(23)14-21(27)28-22/h15-20,22,25-26H,4-14H2,1-3H3/t15-,16+,17-,18-,19+,20+,22+,23+,24-/m1/s1. The molecule has 4 fully saturated rings. The van der Waals surface area contributed by atoms with Crippen molar-refractivity contribution in [1.29, 1.82) is 0 Å². The SMILES string of the molecule is C[C@H](CCCO)[C@H]1CC[C@H]2[C@@H]3OC(=O)C[C@@H]4C[C@H](O)CC[C@]4(C)[C@H]3CC[C@]12C. The highest BCUT2D eigenvalue weighted by atomic mass is 16.5. The van der Waals surface area contributed by atoms with Gasteiger partial charge in [-0.15, -0.1) is 0 Å². The predicted molar refractivity (Wildman–Crippen MR) is 108 cm³/mol. The molecule has 0 aromatic carbocycles. The van der Waals surface area contributed by atoms with E-state index in [4.69, 9.17) is 4.74 Å². The number of aliphatic hydroxyl groups excluding tert-OH is 2. The summed E-state index contributed by atoms with van der Waals surface area (Å²) in [6.45, 7) is 7.50. The van der Waals surface area contributed by atoms with Gasteiger partial charge in [0.25, 0.3) is 0 Å². The van der Waals surface area contributed by atoms with E-state index >= 15 is 0 Å². The van der Waals surface area contributed by atoms with Gasteiger partial charge in [-0.25, -0.2) is 0 Å². The predicted octanol–water partition coefficient (Wildman–Crippen LogP) is 4.32. The van der Waals surface area contributed by atoms with Crippen LogP contribution in [-0.2, 0) is 9.53 Å². The number of fused-ring (bicyclic) bond motifs is 5. The molecule has 0 aromatic heterocycles. The summed E-state index contributed by atoms with van der Waals surface area (Å²) in [5.74, 6) is 2.44. The van der Waals surface area contributed by atoms with Gasteiger partial charge in [-0.2, -0.15) is 0 Å². The van der Waals surface area contributed by atoms with Gasteiger partial charge < -0.3 is 14.9 Å². The van der Waals surface area contributed by atoms with E-state index in [1.54, 1.807) is 0 Å². The molecule has 3 aliphatic carbocycles. The van der Waals surface area contributed by atoms with Crippen molar-refractivity contribution in [2.24, 2.45) is 40.4 Å². The highest BCUT2D eigenvalue weighted by Gasteiger charge is 2.61. The van der Waals surface area contributed by atoms with Crippen molar-refractivity contribution in [2.75, 3.05) is 6.61 Å². The zero-order valence-corrected chi connectivity index (χ0v) is 18.0. The van der Waals surface area contributed by atoms with Crippen LogP contribution in [0, 0.1) is 40.4 Å². The van der Waals surface area contributed by atoms with Crippen molar-refractivity contribution in [3.05, 3.63) is 0 Å². The van der Waals surface area contributed by atoms with E-state index in [1.165, 1.54) is 19.3 Å². The molecule has 4 rings (SSSR count). The van der Waals surface area contributed by atoms with E-state index in [2.05, 4.69) is 20.8 Å². The Morgan fingerprint density at radius 3 is 2.57 bits per heavy atom. The molecule has 4 nitrogen and oxygen atoms in total. The first-order valence-corrected chi connectivity index (χ1v) is 11.8. The largest absolute Gasteiger partial charge is 0.462 e. The fourth-order valence-corrected chi connectivity index (χ4v) is 8.14. The summed E-state index contributed by atoms with van der Waals surface area (Å²) in [5.41, 5.74) is 0.374. The third kappa shape index (κ3) is 3.23. The van der Waals surface area contributed by atoms with Crippen LogP contribution in [0.4, 0.5) is 0 Å². The van der Waals surface area contributed by atoms with E-state index in [-0.39, 0.29) is 41.5 Å². The average Bonchev–Trinajstić information content (AvgIpc) is 2.95. The molecule has 4 heteroatoms. The molecule has 0 bridgehead atoms. The van der Waals surface area contributed by atoms with Crippen LogP contribution in [0.1, 0.15) is 85.0 Å². The summed E-state index contributed by atoms with van der Waals surface area (Å²) in [4.78, 5) is 12.8. The van der Waals surface area contributed by atoms with E-state index in [0.717, 1.165) is 38.5 Å². The maximum Gasteiger partial charge on any atom is 0.306 e. The maximum atomic E-state index is 12.8. The third-order valence-corrected chi connectivity index (χ3v) is 9.81. The molecule has 3 saturated carbocycles. The number of hydrogen-bond donors (Lipinski definition) is 2. The van der Waals surface area contributed by atoms with Crippen LogP contribution >= 0.6 is 0 Å². The Kier molecular flexibility index (Phi) is 5.59. The van der Waals surface area contributed by atoms with Crippen LogP contribution in [-0.4, -0.2) is 35.0 Å². The summed E-state index contributed by atoms with van der Waals surface area (Å²) in [5, 5.41) is 19.5. The lowest BCUT2D eigenvalue weighted by molar-refractivity contribution is -0.166. The van der Waals surface area contributed by atoms with Crippen molar-refractivity contribution < 1.29 is 19.7 Å². The Bertz CT molecular complexity index is 591. The van der Waals surface area contributed by atoms with Crippen molar-refractivity contribution >= 4 is 5.97 Å². The van der Waals surface area contributed by atoms with Gasteiger partial charge in [0, 0.05) is 24.9 Å². The first-order valence-electron chi connectivity index (χ1n) is 11.8. The number of carbonyl (C=O) groups is 1. The zero-order valence-electron chi connectivity index (χ0n) is 18.0. The quantitative estimate of drug-likeness (QED) is 0.699. The normalized spacial score (nSPS) is 49.4. The van der Waals surface area contributed by atoms with Gasteiger partial charge in [0.05, 0.1) is 6.10 Å². The number of esters is 1. The van der Waals surface area contributed by atoms with Crippen LogP contribution in [0.25, 0.3) is 0 Å². The van der Waals surface area contributed by atoms with E-state index in [1.807, 2.05) is 0 Å². The van der Waals surface area contributed by atoms with Crippen molar-refractivity contribution in [1.82, 2.24) is 0 Å². The highest BCUT2D eigenvalue weighted by Crippen LogP contribution is 2.65. The Morgan fingerprint density at radius 1 is 1.11 bits per heavy atom. The Hall–Kier alpha value is -0.610. The maximum absolute atomic E-state index is 12.8. The van der Waals surface area contributed by atoms with Gasteiger partial charge in [-0.05, 0) is 86.4 Å². The minimum absolute atomic E-state index is 0.0288. The second-order valence-electron chi connectivity index (χ2n) is 11.1. The Balaban J connectivity index is 1.60. The van der Waals surface area contributed by atoms with Crippen molar-refractivity contribution in [3.63, 3.8) is 0 Å². The lowest BCUT2D eigenvalue weighted by Crippen LogP contribution is -2.53. The zero-order chi connectivity index (χ0) is 20.1. The molecule has 1 heterocycles. The van der Waals surface area contributed by atoms with Crippen LogP contribution in [0.3, 0.4) is 0 Å². The van der Waals surface area contributed by atoms with Crippen LogP contribution < -0.4 is 0 Å². The lowest BCUT2D eigenvalue weighted by Gasteiger charge is -2.55. The minimum atomic E-state index is -0.250. The molecule has 160 valence electrons. The van der Waals surface area contributed by atoms with Crippen molar-refractivity contribution in [2.45, 2.75) is 97.2 Å². The van der Waals surface area contributed by atoms with Gasteiger partial charge >= 0.3 is 5.97 Å². The summed E-state index contributed by atoms with van der Waals surface area (Å²) in [7, 11) is 0. The van der Waals surface area contributed by atoms with Gasteiger partial charge in [0.15, 0.2) is 0 Å². The topological polar surface area (TPSA) is 66.8 Å². The molecule has 1 saturated heterocycles. The van der Waals surface area contributed by atoms with Gasteiger partial charge in [0.2, 0.25) is 0 Å². The van der Waals surface area contributed by atoms with E-state index in [0.29, 0.717) is 30.1 Å². The third-order valence-electron chi connectivity index (χ3n) is 9.81. The Morgan fingerprint density at radius 2 is 1.82 bits per heavy atom. The highest BCUT2D eigenvalue weighted by molar-refractivity contribution is 5.70. The van der Waals surface area contributed by atoms with E-state index in [9.17, 15) is 15.0 Å². The first-order chi connectivity index (χ1) is 13.3. The molecule has 0 aromatic rings. The molecule has 0 spiro atoms. The van der Waals surface area contributed by atoms with Crippen molar-refractivity contribution in [3.8, 4) is 0 Å². The van der Waals surface area contributed by atoms with Crippen LogP contribution in [0.2, 0.25) is 0 Å². The minimum Gasteiger partial charge on any atom is -0.462 e. The molecular formula is C24H40O4. The van der Waals surface area contributed by atoms with Gasteiger partial charge in [0.1, 0.15) is 6.10 Å². The van der Waals surface area contributed by atoms with Gasteiger partial charge in [-0.3, -0.25) is 4.79 Å². The van der Waals surface area contributed by atoms with Crippen LogP contribution in [0.15, 0.2) is 0 Å². The number of carbonyl (C=O) groups excluding carboxylic acids is 1. The van der Waals surface area contributed by atoms with Gasteiger partial charge in [-0.1, -0.05) is 20.8 Å². The molecule has 2 N–H and O–H groups in total. The summed E-state index contributed by atoms with van der Waals surface area (Å²) < 4.78 is 6.24. The fourth-order valence-electron chi connectivity index (χ4n) is 8.14. The number of rotatable bonds is 4. The number of hydrogen-bond acceptors (Lipinski definition) is 4. The fraction of sp³-hybridized carbons (Fsp3) is 0.958. The molecule has 0 radical (unpaired) electrons. The smallest absolute Gasteiger partial charge is 0.306 e. The molecule has 0 unspecified atom stereocenters. The van der Waals surface area contributed by atoms with Crippen LogP contribution in [0.5, 0.6) is 0 Å². The number of ether oxygens (including phenoxy) is 1. The second-order valence-corrected chi connectivity index (χ2v) is 11.1. The molecule has 0 amide bonds. The summed E-state index contributed by atoms with van der Waals surface area (Å²) in [6.07, 6.45) is 9.71. The first kappa shape index (κ1) is 20.7. The number of aliphatic hydroxyl groups is 2.